The van der Waals surface area contributed by atoms with E-state index in [2.05, 4.69) is 75.5 Å². The number of nitrogens with zero attached hydrogens (tertiary/aromatic N) is 2. The SMILES string of the molecule is Cc1ncsc1-c1ccc(CNC(=O)[C@@H]2C[C@@H](O)CN2C(=O)[C@@H](NC(=O)CCOCCOCCOCCOCCOCCOCCOCCOCCOCCOCCNC(=O)[C@]23CCC(C)(C)C[C@H]2C2=CC[C@@H]4[C@@]5(C)CC[C@H](O)C(C)(C)[C@@H]5CC[C@@]4(C)[C@]2(C)CC3)C(C)(C)C)cc1. The first-order valence-electron chi connectivity index (χ1n) is 36.3. The van der Waals surface area contributed by atoms with Crippen LogP contribution in [0.15, 0.2) is 41.4 Å². The molecule has 2 aromatic rings. The molecule has 11 atom stereocenters. The highest BCUT2D eigenvalue weighted by Gasteiger charge is 2.69. The lowest BCUT2D eigenvalue weighted by molar-refractivity contribution is -0.203. The van der Waals surface area contributed by atoms with Gasteiger partial charge in [0.05, 0.1) is 166 Å². The molecule has 1 aromatic heterocycles. The quantitative estimate of drug-likeness (QED) is 0.0308. The van der Waals surface area contributed by atoms with Gasteiger partial charge >= 0.3 is 0 Å². The first-order chi connectivity index (χ1) is 46.3. The van der Waals surface area contributed by atoms with Crippen molar-refractivity contribution in [1.82, 2.24) is 25.8 Å². The van der Waals surface area contributed by atoms with Gasteiger partial charge in [0, 0.05) is 32.5 Å². The Balaban J connectivity index is 0.555. The van der Waals surface area contributed by atoms with Crippen LogP contribution in [0.2, 0.25) is 0 Å². The lowest BCUT2D eigenvalue weighted by atomic mass is 9.33. The molecule has 5 N–H and O–H groups in total. The van der Waals surface area contributed by atoms with E-state index in [1.807, 2.05) is 57.5 Å². The first kappa shape index (κ1) is 78.7. The Morgan fingerprint density at radius 2 is 1.18 bits per heavy atom. The Morgan fingerprint density at radius 3 is 1.70 bits per heavy atom. The number of aliphatic hydroxyl groups excluding tert-OH is 2. The summed E-state index contributed by atoms with van der Waals surface area (Å²) in [7, 11) is 0. The van der Waals surface area contributed by atoms with E-state index >= 15 is 0 Å². The van der Waals surface area contributed by atoms with Crippen molar-refractivity contribution in [3.05, 3.63) is 52.7 Å². The average molecular weight is 1380 g/mol. The van der Waals surface area contributed by atoms with Gasteiger partial charge in [-0.2, -0.15) is 0 Å². The zero-order chi connectivity index (χ0) is 69.9. The topological polar surface area (TPSA) is 253 Å². The molecule has 1 saturated heterocycles. The number of rotatable bonds is 40. The largest absolute Gasteiger partial charge is 0.393 e. The van der Waals surface area contributed by atoms with E-state index in [0.29, 0.717) is 137 Å². The maximum absolute atomic E-state index is 14.5. The minimum atomic E-state index is -0.929. The van der Waals surface area contributed by atoms with Crippen molar-refractivity contribution in [3.63, 3.8) is 0 Å². The Hall–Kier alpha value is -4.01. The van der Waals surface area contributed by atoms with Crippen LogP contribution in [0, 0.1) is 62.6 Å². The third-order valence-electron chi connectivity index (χ3n) is 23.1. The van der Waals surface area contributed by atoms with Crippen LogP contribution in [-0.2, 0) is 73.1 Å². The summed E-state index contributed by atoms with van der Waals surface area (Å²) < 4.78 is 56.5. The minimum absolute atomic E-state index is 0.00495. The van der Waals surface area contributed by atoms with Gasteiger partial charge in [-0.15, -0.1) is 11.3 Å². The number of β-amino-alcohol motifs (C(OH)–C–C–N with tert-alkyl or cyclic N) is 1. The van der Waals surface area contributed by atoms with Gasteiger partial charge in [0.15, 0.2) is 0 Å². The zero-order valence-electron chi connectivity index (χ0n) is 60.7. The lowest BCUT2D eigenvalue weighted by Crippen LogP contribution is -2.65. The number of carbonyl (C=O) groups is 4. The molecule has 5 fully saturated rings. The van der Waals surface area contributed by atoms with Crippen molar-refractivity contribution < 1.29 is 76.8 Å². The second kappa shape index (κ2) is 36.2. The second-order valence-electron chi connectivity index (χ2n) is 31.3. The molecule has 8 rings (SSSR count). The molecular weight excluding hydrogens is 1260 g/mol. The molecule has 1 aliphatic heterocycles. The number of aryl methyl sites for hydroxylation is 1. The van der Waals surface area contributed by atoms with Crippen LogP contribution < -0.4 is 16.0 Å². The summed E-state index contributed by atoms with van der Waals surface area (Å²) in [4.78, 5) is 61.8. The molecule has 1 aromatic carbocycles. The number of nitrogens with one attached hydrogen (secondary N) is 3. The molecule has 4 amide bonds. The molecule has 548 valence electrons. The van der Waals surface area contributed by atoms with Crippen LogP contribution >= 0.6 is 11.3 Å². The van der Waals surface area contributed by atoms with Gasteiger partial charge in [-0.1, -0.05) is 105 Å². The van der Waals surface area contributed by atoms with E-state index in [1.54, 1.807) is 16.9 Å². The molecule has 2 heterocycles. The minimum Gasteiger partial charge on any atom is -0.393 e. The monoisotopic (exact) mass is 1380 g/mol. The molecule has 22 heteroatoms. The second-order valence-corrected chi connectivity index (χ2v) is 32.2. The van der Waals surface area contributed by atoms with Gasteiger partial charge in [-0.3, -0.25) is 19.2 Å². The van der Waals surface area contributed by atoms with Crippen LogP contribution in [0.3, 0.4) is 0 Å². The summed E-state index contributed by atoms with van der Waals surface area (Å²) in [6.45, 7) is 33.7. The van der Waals surface area contributed by atoms with E-state index in [1.165, 1.54) is 17.7 Å². The number of hydrogen-bond acceptors (Lipinski definition) is 18. The molecule has 0 unspecified atom stereocenters. The van der Waals surface area contributed by atoms with Crippen molar-refractivity contribution >= 4 is 35.0 Å². The fourth-order valence-corrected chi connectivity index (χ4v) is 18.1. The maximum atomic E-state index is 14.5. The highest BCUT2D eigenvalue weighted by atomic mass is 32.1. The Labute approximate surface area is 582 Å². The van der Waals surface area contributed by atoms with Gasteiger partial charge in [0.25, 0.3) is 0 Å². The highest BCUT2D eigenvalue weighted by Crippen LogP contribution is 2.76. The predicted octanol–water partition coefficient (Wildman–Crippen LogP) is 9.06. The van der Waals surface area contributed by atoms with E-state index < -0.39 is 29.5 Å². The average Bonchev–Trinajstić information content (AvgIpc) is 0.992. The van der Waals surface area contributed by atoms with Crippen molar-refractivity contribution in [2.75, 3.05) is 145 Å². The smallest absolute Gasteiger partial charge is 0.246 e. The van der Waals surface area contributed by atoms with Crippen molar-refractivity contribution in [2.45, 2.75) is 184 Å². The number of hydrogen-bond donors (Lipinski definition) is 5. The van der Waals surface area contributed by atoms with E-state index in [4.69, 9.17) is 47.4 Å². The zero-order valence-corrected chi connectivity index (χ0v) is 61.5. The number of carbonyl (C=O) groups excluding carboxylic acids is 4. The summed E-state index contributed by atoms with van der Waals surface area (Å²) in [6, 6.07) is 6.08. The van der Waals surface area contributed by atoms with E-state index in [0.717, 1.165) is 73.1 Å². The Kier molecular flexibility index (Phi) is 29.4. The van der Waals surface area contributed by atoms with Crippen molar-refractivity contribution in [2.24, 2.45) is 55.7 Å². The summed E-state index contributed by atoms with van der Waals surface area (Å²) >= 11 is 1.57. The van der Waals surface area contributed by atoms with Crippen LogP contribution in [0.5, 0.6) is 0 Å². The fourth-order valence-electron chi connectivity index (χ4n) is 17.3. The number of aliphatic hydroxyl groups is 2. The molecule has 97 heavy (non-hydrogen) atoms. The lowest BCUT2D eigenvalue weighted by Gasteiger charge is -2.71. The van der Waals surface area contributed by atoms with Gasteiger partial charge in [-0.05, 0) is 133 Å². The number of benzene rings is 1. The van der Waals surface area contributed by atoms with Gasteiger partial charge in [-0.25, -0.2) is 4.98 Å². The van der Waals surface area contributed by atoms with E-state index in [9.17, 15) is 29.4 Å². The summed E-state index contributed by atoms with van der Waals surface area (Å²) in [5.41, 5.74) is 5.82. The first-order valence-corrected chi connectivity index (χ1v) is 37.1. The van der Waals surface area contributed by atoms with Crippen LogP contribution in [0.1, 0.15) is 158 Å². The van der Waals surface area contributed by atoms with Gasteiger partial charge in [0.2, 0.25) is 23.6 Å². The predicted molar refractivity (Wildman–Crippen MR) is 373 cm³/mol. The number of thiazole rings is 1. The number of ether oxygens (including phenoxy) is 10. The maximum Gasteiger partial charge on any atom is 0.246 e. The molecule has 6 aliphatic rings. The number of allylic oxidation sites excluding steroid dienone is 2. The Bertz CT molecular complexity index is 2830. The summed E-state index contributed by atoms with van der Waals surface area (Å²) in [5.74, 6) is 0.426. The third kappa shape index (κ3) is 20.2. The number of aromatic nitrogens is 1. The molecule has 4 saturated carbocycles. The van der Waals surface area contributed by atoms with Gasteiger partial charge < -0.3 is 78.4 Å². The van der Waals surface area contributed by atoms with Crippen molar-refractivity contribution in [3.8, 4) is 10.4 Å². The Morgan fingerprint density at radius 1 is 0.649 bits per heavy atom. The van der Waals surface area contributed by atoms with Crippen LogP contribution in [-0.4, -0.2) is 213 Å². The summed E-state index contributed by atoms with van der Waals surface area (Å²) in [5, 5.41) is 30.9. The molecule has 0 radical (unpaired) electrons. The van der Waals surface area contributed by atoms with E-state index in [-0.39, 0.29) is 101 Å². The number of fused-ring (bicyclic) bond motifs is 7. The molecule has 5 aliphatic carbocycles. The number of amides is 4. The molecular formula is C75H121N5O16S. The fraction of sp³-hybridized carbons (Fsp3) is 0.800. The normalized spacial score (nSPS) is 28.4. The van der Waals surface area contributed by atoms with Crippen molar-refractivity contribution in [1.29, 1.82) is 0 Å². The third-order valence-corrected chi connectivity index (χ3v) is 24.1. The summed E-state index contributed by atoms with van der Waals surface area (Å²) in [6.07, 6.45) is 12.2. The molecule has 21 nitrogen and oxygen atoms in total. The van der Waals surface area contributed by atoms with Crippen LogP contribution in [0.4, 0.5) is 0 Å². The molecule has 0 spiro atoms. The molecule has 0 bridgehead atoms. The van der Waals surface area contributed by atoms with Gasteiger partial charge in [0.1, 0.15) is 12.1 Å². The standard InChI is InChI=1S/C75H121N5O16S/c1-53-64(97-52-78-53)55-14-12-54(13-15-55)50-77-66(84)59-48-56(81)51-80(59)67(85)65(69(2,3)4)79-63(83)20-28-87-30-32-89-34-36-91-38-40-93-42-44-95-46-47-96-45-43-94-41-39-92-37-35-90-33-31-88-29-27-76-68(86)75-25-23-70(5,6)49-58(75)57-16-17-61-72(9)21-19-62(82)71(7,8)60(72)18-22-74(61,11)73(57,10)24-26-75/h12-16,52,56,58-62,65,81-82H,17-51H2,1-11H3,(H,76,86)(H,77,84)(H,79,83)/t56-,58+,59+,60+,61-,62+,65-,72+,73-,74-,75+/m1/s1. The number of likely N-dealkylation sites (tertiary alicyclic amines) is 1. The van der Waals surface area contributed by atoms with Crippen LogP contribution in [0.25, 0.3) is 10.4 Å². The highest BCUT2D eigenvalue weighted by molar-refractivity contribution is 7.13.